The smallest absolute Gasteiger partial charge is 0.249 e. The van der Waals surface area contributed by atoms with Gasteiger partial charge in [0.2, 0.25) is 5.91 Å². The molecule has 11 nitrogen and oxygen atoms in total. The lowest BCUT2D eigenvalue weighted by Crippen LogP contribution is -2.60. The summed E-state index contributed by atoms with van der Waals surface area (Å²) in [5.74, 6) is -0.689. The second kappa shape index (κ2) is 57.3. The van der Waals surface area contributed by atoms with Gasteiger partial charge in [0.25, 0.3) is 0 Å². The van der Waals surface area contributed by atoms with Crippen LogP contribution in [0.15, 0.2) is 12.2 Å². The van der Waals surface area contributed by atoms with Crippen molar-refractivity contribution in [3.63, 3.8) is 0 Å². The topological polar surface area (TPSA) is 189 Å². The van der Waals surface area contributed by atoms with Crippen molar-refractivity contribution in [1.29, 1.82) is 0 Å². The van der Waals surface area contributed by atoms with E-state index < -0.39 is 74.2 Å². The fourth-order valence-corrected chi connectivity index (χ4v) is 11.5. The van der Waals surface area contributed by atoms with Gasteiger partial charge >= 0.3 is 0 Å². The van der Waals surface area contributed by atoms with Crippen LogP contribution in [0.1, 0.15) is 348 Å². The summed E-state index contributed by atoms with van der Waals surface area (Å²) < 4.78 is 11.2. The Balaban J connectivity index is 2.18. The fraction of sp³-hybridized carbons (Fsp3) is 0.956. The molecule has 470 valence electrons. The van der Waals surface area contributed by atoms with Crippen molar-refractivity contribution in [1.82, 2.24) is 5.32 Å². The van der Waals surface area contributed by atoms with Crippen molar-refractivity contribution in [3.8, 4) is 0 Å². The third kappa shape index (κ3) is 45.0. The highest BCUT2D eigenvalue weighted by Gasteiger charge is 2.44. The van der Waals surface area contributed by atoms with Gasteiger partial charge in [-0.3, -0.25) is 4.79 Å². The maximum atomic E-state index is 13.2. The van der Waals surface area contributed by atoms with Crippen LogP contribution in [-0.4, -0.2) is 110 Å². The van der Waals surface area contributed by atoms with E-state index in [4.69, 9.17) is 9.47 Å². The molecule has 0 bridgehead atoms. The highest BCUT2D eigenvalue weighted by atomic mass is 16.7. The molecule has 9 unspecified atom stereocenters. The molecule has 1 heterocycles. The van der Waals surface area contributed by atoms with Crippen LogP contribution in [0.3, 0.4) is 0 Å². The van der Waals surface area contributed by atoms with E-state index in [9.17, 15) is 40.5 Å². The first-order chi connectivity index (χ1) is 38.7. The Morgan fingerprint density at radius 3 is 1.06 bits per heavy atom. The maximum Gasteiger partial charge on any atom is 0.249 e. The van der Waals surface area contributed by atoms with Gasteiger partial charge in [-0.15, -0.1) is 0 Å². The number of carbonyl (C=O) groups is 1. The number of amides is 1. The van der Waals surface area contributed by atoms with Crippen molar-refractivity contribution in [2.24, 2.45) is 0 Å². The van der Waals surface area contributed by atoms with Gasteiger partial charge in [-0.05, 0) is 38.5 Å². The third-order valence-electron chi connectivity index (χ3n) is 17.1. The SMILES string of the molecule is CCCCCCCCCCCCCC/C=C\CCCCCCCCCCCCCCCCCCC(O)C(=O)NC(COC1OC(CO)C(O)C(O)C1O)C(O)C(O)CCCCCCCCCCCCCCCCCCCCCC. The van der Waals surface area contributed by atoms with Gasteiger partial charge in [0, 0.05) is 0 Å². The summed E-state index contributed by atoms with van der Waals surface area (Å²) >= 11 is 0. The molecule has 1 aliphatic rings. The Hall–Kier alpha value is -1.15. The molecule has 1 aliphatic heterocycles. The summed E-state index contributed by atoms with van der Waals surface area (Å²) in [7, 11) is 0. The van der Waals surface area contributed by atoms with E-state index in [1.165, 1.54) is 270 Å². The highest BCUT2D eigenvalue weighted by molar-refractivity contribution is 5.80. The lowest BCUT2D eigenvalue weighted by molar-refractivity contribution is -0.303. The van der Waals surface area contributed by atoms with Crippen molar-refractivity contribution < 1.29 is 50.0 Å². The van der Waals surface area contributed by atoms with Gasteiger partial charge < -0.3 is 50.5 Å². The summed E-state index contributed by atoms with van der Waals surface area (Å²) in [6.07, 6.45) is 58.6. The molecule has 1 saturated heterocycles. The zero-order valence-electron chi connectivity index (χ0n) is 51.9. The van der Waals surface area contributed by atoms with Gasteiger partial charge in [-0.1, -0.05) is 321 Å². The number of hydrogen-bond acceptors (Lipinski definition) is 10. The number of rotatable bonds is 61. The average molecular weight is 1120 g/mol. The molecule has 11 heteroatoms. The molecule has 1 amide bonds. The Morgan fingerprint density at radius 2 is 0.734 bits per heavy atom. The van der Waals surface area contributed by atoms with Gasteiger partial charge in [-0.2, -0.15) is 0 Å². The Kier molecular flexibility index (Phi) is 55.0. The molecule has 0 aromatic heterocycles. The molecule has 1 fully saturated rings. The summed E-state index contributed by atoms with van der Waals surface area (Å²) in [6, 6.07) is -1.17. The highest BCUT2D eigenvalue weighted by Crippen LogP contribution is 2.24. The second-order valence-electron chi connectivity index (χ2n) is 24.6. The summed E-state index contributed by atoms with van der Waals surface area (Å²) in [4.78, 5) is 13.2. The lowest BCUT2D eigenvalue weighted by Gasteiger charge is -2.40. The molecule has 79 heavy (non-hydrogen) atoms. The number of unbranched alkanes of at least 4 members (excludes halogenated alkanes) is 47. The van der Waals surface area contributed by atoms with Crippen LogP contribution < -0.4 is 5.32 Å². The third-order valence-corrected chi connectivity index (χ3v) is 17.1. The first kappa shape index (κ1) is 75.9. The second-order valence-corrected chi connectivity index (χ2v) is 24.6. The number of hydrogen-bond donors (Lipinski definition) is 8. The number of ether oxygens (including phenoxy) is 2. The number of aliphatic hydroxyl groups is 7. The molecular formula is C68H133NO10. The predicted molar refractivity (Wildman–Crippen MR) is 330 cm³/mol. The minimum absolute atomic E-state index is 0.265. The maximum absolute atomic E-state index is 13.2. The number of carbonyl (C=O) groups excluding carboxylic acids is 1. The van der Waals surface area contributed by atoms with Crippen molar-refractivity contribution in [2.75, 3.05) is 13.2 Å². The number of aliphatic hydroxyl groups excluding tert-OH is 7. The summed E-state index contributed by atoms with van der Waals surface area (Å²) in [5.41, 5.74) is 0. The molecule has 0 spiro atoms. The van der Waals surface area contributed by atoms with E-state index in [1.54, 1.807) is 0 Å². The van der Waals surface area contributed by atoms with Gasteiger partial charge in [0.05, 0.1) is 25.4 Å². The van der Waals surface area contributed by atoms with E-state index in [0.29, 0.717) is 19.3 Å². The van der Waals surface area contributed by atoms with Gasteiger partial charge in [0.1, 0.15) is 36.6 Å². The summed E-state index contributed by atoms with van der Waals surface area (Å²) in [6.45, 7) is 3.52. The number of allylic oxidation sites excluding steroid dienone is 2. The van der Waals surface area contributed by atoms with Crippen molar-refractivity contribution in [2.45, 2.75) is 403 Å². The summed E-state index contributed by atoms with van der Waals surface area (Å²) in [5, 5.41) is 76.5. The van der Waals surface area contributed by atoms with E-state index in [2.05, 4.69) is 31.3 Å². The molecule has 0 radical (unpaired) electrons. The Morgan fingerprint density at radius 1 is 0.430 bits per heavy atom. The normalized spacial score (nSPS) is 19.3. The first-order valence-corrected chi connectivity index (χ1v) is 34.6. The van der Waals surface area contributed by atoms with Crippen molar-refractivity contribution in [3.05, 3.63) is 12.2 Å². The first-order valence-electron chi connectivity index (χ1n) is 34.6. The number of nitrogens with one attached hydrogen (secondary N) is 1. The fourth-order valence-electron chi connectivity index (χ4n) is 11.5. The minimum Gasteiger partial charge on any atom is -0.394 e. The van der Waals surface area contributed by atoms with E-state index in [1.807, 2.05) is 0 Å². The average Bonchev–Trinajstić information content (AvgIpc) is 3.46. The monoisotopic (exact) mass is 1120 g/mol. The molecule has 0 saturated carbocycles. The standard InChI is InChI=1S/C68H133NO10/c1-3-5-7-9-11-13-15-17-19-21-23-25-26-27-28-29-30-31-32-33-34-35-36-38-40-42-44-46-48-50-52-54-56-61(72)67(77)69-59(58-78-68-66(76)65(75)64(74)62(57-70)79-68)63(73)60(71)55-53-51-49-47-45-43-41-39-37-24-22-20-18-16-14-12-10-8-6-4-2/h27-28,59-66,68,70-76H,3-26,29-58H2,1-2H3,(H,69,77)/b28-27-. The van der Waals surface area contributed by atoms with Crippen LogP contribution in [0.4, 0.5) is 0 Å². The predicted octanol–water partition coefficient (Wildman–Crippen LogP) is 16.3. The van der Waals surface area contributed by atoms with E-state index in [-0.39, 0.29) is 6.42 Å². The van der Waals surface area contributed by atoms with Crippen LogP contribution in [-0.2, 0) is 14.3 Å². The molecule has 8 N–H and O–H groups in total. The largest absolute Gasteiger partial charge is 0.394 e. The molecule has 1 rings (SSSR count). The minimum atomic E-state index is -1.66. The zero-order chi connectivity index (χ0) is 57.5. The molecule has 0 aliphatic carbocycles. The zero-order valence-corrected chi connectivity index (χ0v) is 51.9. The van der Waals surface area contributed by atoms with Gasteiger partial charge in [-0.25, -0.2) is 0 Å². The molecular weight excluding hydrogens is 991 g/mol. The Labute approximate surface area is 487 Å². The quantitative estimate of drug-likeness (QED) is 0.0215. The molecule has 0 aromatic rings. The van der Waals surface area contributed by atoms with Crippen molar-refractivity contribution >= 4 is 5.91 Å². The van der Waals surface area contributed by atoms with Crippen LogP contribution >= 0.6 is 0 Å². The van der Waals surface area contributed by atoms with Gasteiger partial charge in [0.15, 0.2) is 6.29 Å². The van der Waals surface area contributed by atoms with E-state index in [0.717, 1.165) is 38.5 Å². The van der Waals surface area contributed by atoms with Crippen LogP contribution in [0, 0.1) is 0 Å². The molecule has 0 aromatic carbocycles. The Bertz CT molecular complexity index is 1290. The lowest BCUT2D eigenvalue weighted by atomic mass is 9.98. The van der Waals surface area contributed by atoms with Crippen LogP contribution in [0.5, 0.6) is 0 Å². The van der Waals surface area contributed by atoms with Crippen LogP contribution in [0.2, 0.25) is 0 Å². The van der Waals surface area contributed by atoms with E-state index >= 15 is 0 Å². The molecule has 9 atom stereocenters. The van der Waals surface area contributed by atoms with Crippen LogP contribution in [0.25, 0.3) is 0 Å².